The molecule has 4 heteroatoms. The van der Waals surface area contributed by atoms with Gasteiger partial charge >= 0.3 is 141 Å². The number of hydrogen-bond donors (Lipinski definition) is 0. The summed E-state index contributed by atoms with van der Waals surface area (Å²) < 4.78 is 3.83. The molecule has 2 aliphatic rings. The van der Waals surface area contributed by atoms with E-state index in [0.29, 0.717) is 5.41 Å². The Morgan fingerprint density at radius 3 is 2.04 bits per heavy atom. The zero-order valence-electron chi connectivity index (χ0n) is 15.8. The van der Waals surface area contributed by atoms with Gasteiger partial charge in [0.15, 0.2) is 0 Å². The summed E-state index contributed by atoms with van der Waals surface area (Å²) in [6.07, 6.45) is 8.92. The Hall–Kier alpha value is 0.966. The molecule has 0 saturated carbocycles. The Morgan fingerprint density at radius 1 is 1.13 bits per heavy atom. The van der Waals surface area contributed by atoms with Gasteiger partial charge in [-0.3, -0.25) is 0 Å². The standard InChI is InChI=1S/C9H13.C8H11.C2H6Ge.2ClH.Zr/c1-9(2,3)8-6-4-5-7-8;1-6-4-7(2)8(3)5-6;1-3-2;;;/h6-7H,4H2,1-3H3;4,6H,1-3H3;1-2H3;2*1H;/q;;;;;+2/p-2. The molecule has 0 aromatic heterocycles. The fourth-order valence-electron chi connectivity index (χ4n) is 3.54. The van der Waals surface area contributed by atoms with Crippen LogP contribution in [0.15, 0.2) is 41.5 Å². The third-order valence-corrected chi connectivity index (χ3v) is 32.8. The molecule has 0 nitrogen and oxygen atoms in total. The van der Waals surface area contributed by atoms with E-state index in [2.05, 4.69) is 71.3 Å². The molecule has 0 bridgehead atoms. The fraction of sp³-hybridized carbons (Fsp3) is 0.579. The van der Waals surface area contributed by atoms with Crippen LogP contribution in [0.3, 0.4) is 0 Å². The third-order valence-electron chi connectivity index (χ3n) is 4.78. The maximum atomic E-state index is 2.63. The summed E-state index contributed by atoms with van der Waals surface area (Å²) >= 11 is -1.56. The van der Waals surface area contributed by atoms with Gasteiger partial charge in [-0.2, -0.15) is 0 Å². The second kappa shape index (κ2) is 9.06. The Kier molecular flexibility index (Phi) is 9.44. The Bertz CT molecular complexity index is 624. The molecule has 1 unspecified atom stereocenters. The van der Waals surface area contributed by atoms with E-state index in [9.17, 15) is 0 Å². The minimum Gasteiger partial charge on any atom is -1.00 e. The van der Waals surface area contributed by atoms with E-state index in [1.54, 1.807) is 16.7 Å². The maximum absolute atomic E-state index is 2.63. The van der Waals surface area contributed by atoms with Crippen molar-refractivity contribution in [1.82, 2.24) is 0 Å². The molecule has 0 radical (unpaired) electrons. The summed E-state index contributed by atoms with van der Waals surface area (Å²) in [6, 6.07) is 0. The zero-order chi connectivity index (χ0) is 15.9. The number of rotatable bonds is 2. The van der Waals surface area contributed by atoms with E-state index >= 15 is 0 Å². The van der Waals surface area contributed by atoms with Crippen molar-refractivity contribution in [3.8, 4) is 0 Å². The molecule has 0 amide bonds. The van der Waals surface area contributed by atoms with Crippen LogP contribution in [-0.2, 0) is 18.6 Å². The first-order valence-corrected chi connectivity index (χ1v) is 22.2. The van der Waals surface area contributed by atoms with Crippen LogP contribution in [0.1, 0.15) is 48.0 Å². The molecular weight excluding hydrogens is 463 g/mol. The van der Waals surface area contributed by atoms with E-state index in [-0.39, 0.29) is 24.8 Å². The van der Waals surface area contributed by atoms with Crippen molar-refractivity contribution in [1.29, 1.82) is 0 Å². The molecule has 0 aromatic carbocycles. The number of hydrogen-bond acceptors (Lipinski definition) is 0. The van der Waals surface area contributed by atoms with E-state index in [0.717, 1.165) is 5.92 Å². The SMILES string of the molecule is CC1=CC(C)[C]([Zr+2]([C]2=CC(C(C)(C)C)=CC2)=[Ge]([CH3])[CH3])=C1C.[Cl-].[Cl-]. The van der Waals surface area contributed by atoms with Crippen LogP contribution in [0.25, 0.3) is 0 Å². The van der Waals surface area contributed by atoms with E-state index in [4.69, 9.17) is 0 Å². The van der Waals surface area contributed by atoms with Gasteiger partial charge in [-0.05, 0) is 0 Å². The summed E-state index contributed by atoms with van der Waals surface area (Å²) in [5.74, 6) is 5.98. The predicted octanol–water partition coefficient (Wildman–Crippen LogP) is -0.00620. The Morgan fingerprint density at radius 2 is 1.70 bits per heavy atom. The largest absolute Gasteiger partial charge is 1.00 e. The second-order valence-electron chi connectivity index (χ2n) is 7.84. The molecule has 2 aliphatic carbocycles. The molecular formula is C19H30Cl2GeZr. The van der Waals surface area contributed by atoms with Crippen molar-refractivity contribution in [3.05, 3.63) is 41.5 Å². The molecule has 23 heavy (non-hydrogen) atoms. The van der Waals surface area contributed by atoms with Crippen molar-refractivity contribution >= 4 is 9.98 Å². The number of allylic oxidation sites excluding steroid dienone is 8. The first-order chi connectivity index (χ1) is 9.62. The van der Waals surface area contributed by atoms with Gasteiger partial charge in [0.05, 0.1) is 0 Å². The van der Waals surface area contributed by atoms with Crippen molar-refractivity contribution in [3.63, 3.8) is 0 Å². The average Bonchev–Trinajstić information content (AvgIpc) is 2.90. The Labute approximate surface area is 164 Å². The van der Waals surface area contributed by atoms with Crippen LogP contribution < -0.4 is 24.8 Å². The van der Waals surface area contributed by atoms with Gasteiger partial charge in [0.1, 0.15) is 0 Å². The summed E-state index contributed by atoms with van der Waals surface area (Å²) in [5, 5.41) is 0. The molecule has 0 fully saturated rings. The molecule has 0 aromatic rings. The first-order valence-electron chi connectivity index (χ1n) is 8.12. The minimum atomic E-state index is -1.56. The molecule has 1 atom stereocenters. The van der Waals surface area contributed by atoms with Gasteiger partial charge in [-0.15, -0.1) is 0 Å². The van der Waals surface area contributed by atoms with Crippen LogP contribution in [-0.4, -0.2) is 9.98 Å². The van der Waals surface area contributed by atoms with Gasteiger partial charge in [0.2, 0.25) is 0 Å². The van der Waals surface area contributed by atoms with Crippen LogP contribution in [0, 0.1) is 11.3 Å². The number of halogens is 2. The summed E-state index contributed by atoms with van der Waals surface area (Å²) in [6.45, 7) is 14.2. The van der Waals surface area contributed by atoms with Crippen molar-refractivity contribution in [2.75, 3.05) is 0 Å². The average molecular weight is 493 g/mol. The van der Waals surface area contributed by atoms with Gasteiger partial charge in [-0.1, -0.05) is 0 Å². The van der Waals surface area contributed by atoms with Crippen molar-refractivity contribution in [2.45, 2.75) is 59.5 Å². The minimum absolute atomic E-state index is 0. The molecule has 128 valence electrons. The summed E-state index contributed by atoms with van der Waals surface area (Å²) in [4.78, 5) is 0. The normalized spacial score (nSPS) is 20.0. The Balaban J connectivity index is 0.00000242. The summed E-state index contributed by atoms with van der Waals surface area (Å²) in [7, 11) is -0.860. The molecule has 0 heterocycles. The smallest absolute Gasteiger partial charge is 1.00 e. The monoisotopic (exact) mass is 492 g/mol. The van der Waals surface area contributed by atoms with Crippen LogP contribution >= 0.6 is 0 Å². The molecule has 0 spiro atoms. The van der Waals surface area contributed by atoms with Gasteiger partial charge < -0.3 is 24.8 Å². The summed E-state index contributed by atoms with van der Waals surface area (Å²) in [5.41, 5.74) is 5.12. The molecule has 0 saturated heterocycles. The van der Waals surface area contributed by atoms with E-state index < -0.39 is 28.6 Å². The quantitative estimate of drug-likeness (QED) is 0.476. The topological polar surface area (TPSA) is 0 Å². The fourth-order valence-corrected chi connectivity index (χ4v) is 33.5. The maximum Gasteiger partial charge on any atom is -1.00 e. The second-order valence-corrected chi connectivity index (χ2v) is 35.8. The first kappa shape index (κ1) is 24.0. The molecule has 0 N–H and O–H groups in total. The third kappa shape index (κ3) is 5.22. The van der Waals surface area contributed by atoms with Crippen LogP contribution in [0.4, 0.5) is 0 Å². The van der Waals surface area contributed by atoms with Gasteiger partial charge in [0, 0.05) is 0 Å². The van der Waals surface area contributed by atoms with Gasteiger partial charge in [0.25, 0.3) is 0 Å². The van der Waals surface area contributed by atoms with Crippen LogP contribution in [0.5, 0.6) is 0 Å². The van der Waals surface area contributed by atoms with Crippen molar-refractivity contribution < 1.29 is 43.4 Å². The van der Waals surface area contributed by atoms with E-state index in [1.807, 2.05) is 6.56 Å². The molecule has 0 aliphatic heterocycles. The van der Waals surface area contributed by atoms with Gasteiger partial charge in [-0.25, -0.2) is 0 Å². The zero-order valence-corrected chi connectivity index (χ0v) is 21.8. The van der Waals surface area contributed by atoms with Crippen LogP contribution in [0.2, 0.25) is 11.5 Å². The predicted molar refractivity (Wildman–Crippen MR) is 93.3 cm³/mol. The molecule has 2 rings (SSSR count). The van der Waals surface area contributed by atoms with E-state index in [1.165, 1.54) is 6.42 Å². The van der Waals surface area contributed by atoms with Crippen molar-refractivity contribution in [2.24, 2.45) is 11.3 Å².